The van der Waals surface area contributed by atoms with Crippen molar-refractivity contribution in [1.82, 2.24) is 4.98 Å². The molecule has 1 heterocycles. The first-order valence-corrected chi connectivity index (χ1v) is 7.12. The highest BCUT2D eigenvalue weighted by Gasteiger charge is 2.29. The number of nitrogens with zero attached hydrogens (tertiary/aromatic N) is 1. The molecule has 2 N–H and O–H groups in total. The van der Waals surface area contributed by atoms with Crippen LogP contribution in [0.1, 0.15) is 38.3 Å². The van der Waals surface area contributed by atoms with E-state index in [0.717, 1.165) is 12.8 Å². The Morgan fingerprint density at radius 1 is 1.47 bits per heavy atom. The number of rotatable bonds is 4. The summed E-state index contributed by atoms with van der Waals surface area (Å²) < 4.78 is 28.9. The van der Waals surface area contributed by atoms with Gasteiger partial charge in [0.05, 0.1) is 11.8 Å². The Bertz CT molecular complexity index is 522. The van der Waals surface area contributed by atoms with Crippen LogP contribution in [0.3, 0.4) is 0 Å². The van der Waals surface area contributed by atoms with Gasteiger partial charge in [-0.3, -0.25) is 4.98 Å². The third-order valence-electron chi connectivity index (χ3n) is 2.55. The fourth-order valence-electron chi connectivity index (χ4n) is 1.60. The van der Waals surface area contributed by atoms with Crippen LogP contribution in [0.25, 0.3) is 0 Å². The van der Waals surface area contributed by atoms with Crippen molar-refractivity contribution < 1.29 is 13.2 Å². The van der Waals surface area contributed by atoms with Gasteiger partial charge in [0.15, 0.2) is 0 Å². The van der Waals surface area contributed by atoms with Crippen molar-refractivity contribution in [2.24, 2.45) is 5.14 Å². The molecule has 1 saturated carbocycles. The van der Waals surface area contributed by atoms with Crippen LogP contribution in [-0.4, -0.2) is 19.5 Å². The first kappa shape index (κ1) is 12.3. The van der Waals surface area contributed by atoms with Gasteiger partial charge in [-0.15, -0.1) is 0 Å². The summed E-state index contributed by atoms with van der Waals surface area (Å²) in [6, 6.07) is 1.56. The molecule has 6 heteroatoms. The number of nitrogens with two attached hydrogens (primary N) is 1. The topological polar surface area (TPSA) is 82.3 Å². The lowest BCUT2D eigenvalue weighted by Crippen LogP contribution is -2.18. The normalized spacial score (nSPS) is 16.2. The van der Waals surface area contributed by atoms with Crippen LogP contribution in [0.4, 0.5) is 0 Å². The lowest BCUT2D eigenvalue weighted by Gasteiger charge is -2.14. The maximum absolute atomic E-state index is 11.6. The fraction of sp³-hybridized carbons (Fsp3) is 0.545. The molecule has 0 aliphatic heterocycles. The van der Waals surface area contributed by atoms with Gasteiger partial charge in [-0.1, -0.05) is 13.8 Å². The highest BCUT2D eigenvalue weighted by Crippen LogP contribution is 2.34. The summed E-state index contributed by atoms with van der Waals surface area (Å²) in [4.78, 5) is 4.12. The van der Waals surface area contributed by atoms with Crippen LogP contribution in [-0.2, 0) is 10.0 Å². The summed E-state index contributed by atoms with van der Waals surface area (Å²) in [5, 5.41) is 5.24. The van der Waals surface area contributed by atoms with E-state index in [9.17, 15) is 8.42 Å². The molecule has 0 amide bonds. The largest absolute Gasteiger partial charge is 0.489 e. The molecular weight excluding hydrogens is 240 g/mol. The van der Waals surface area contributed by atoms with Crippen molar-refractivity contribution in [1.29, 1.82) is 0 Å². The van der Waals surface area contributed by atoms with E-state index >= 15 is 0 Å². The summed E-state index contributed by atoms with van der Waals surface area (Å²) in [5.74, 6) is 0.305. The van der Waals surface area contributed by atoms with E-state index in [1.807, 2.05) is 13.8 Å². The minimum Gasteiger partial charge on any atom is -0.489 e. The molecule has 1 fully saturated rings. The molecular formula is C11H16N2O3S. The van der Waals surface area contributed by atoms with Crippen LogP contribution < -0.4 is 9.88 Å². The second-order valence-corrected chi connectivity index (χ2v) is 6.04. The zero-order valence-electron chi connectivity index (χ0n) is 9.88. The van der Waals surface area contributed by atoms with Crippen molar-refractivity contribution in [3.05, 3.63) is 18.0 Å². The molecule has 0 atom stereocenters. The molecule has 0 bridgehead atoms. The zero-order chi connectivity index (χ0) is 12.6. The van der Waals surface area contributed by atoms with Crippen LogP contribution in [0, 0.1) is 0 Å². The van der Waals surface area contributed by atoms with Gasteiger partial charge in [0, 0.05) is 6.20 Å². The summed E-state index contributed by atoms with van der Waals surface area (Å²) in [6.45, 7) is 3.75. The van der Waals surface area contributed by atoms with Crippen molar-refractivity contribution in [3.63, 3.8) is 0 Å². The molecule has 1 aliphatic rings. The standard InChI is InChI=1S/C11H16N2O3S/c1-7(2)10-11(17(12,14)15)9(5-6-13-10)16-8-3-4-8/h5-8H,3-4H2,1-2H3,(H2,12,14,15). The van der Waals surface area contributed by atoms with Gasteiger partial charge in [0.25, 0.3) is 0 Å². The first-order chi connectivity index (χ1) is 7.89. The van der Waals surface area contributed by atoms with Gasteiger partial charge in [0.2, 0.25) is 10.0 Å². The minimum atomic E-state index is -3.81. The van der Waals surface area contributed by atoms with Crippen LogP contribution in [0.5, 0.6) is 5.75 Å². The summed E-state index contributed by atoms with van der Waals surface area (Å²) >= 11 is 0. The number of hydrogen-bond acceptors (Lipinski definition) is 4. The molecule has 0 spiro atoms. The van der Waals surface area contributed by atoms with Gasteiger partial charge in [0.1, 0.15) is 10.6 Å². The van der Waals surface area contributed by atoms with Gasteiger partial charge in [-0.2, -0.15) is 0 Å². The lowest BCUT2D eigenvalue weighted by molar-refractivity contribution is 0.293. The predicted molar refractivity (Wildman–Crippen MR) is 63.3 cm³/mol. The zero-order valence-corrected chi connectivity index (χ0v) is 10.7. The van der Waals surface area contributed by atoms with Gasteiger partial charge in [-0.05, 0) is 24.8 Å². The summed E-state index contributed by atoms with van der Waals surface area (Å²) in [5.41, 5.74) is 0.464. The Morgan fingerprint density at radius 2 is 2.12 bits per heavy atom. The molecule has 0 radical (unpaired) electrons. The Kier molecular flexibility index (Phi) is 3.09. The number of hydrogen-bond donors (Lipinski definition) is 1. The Labute approximate surface area is 101 Å². The Balaban J connectivity index is 2.53. The average Bonchev–Trinajstić information content (AvgIpc) is 2.99. The number of sulfonamides is 1. The molecule has 0 unspecified atom stereocenters. The van der Waals surface area contributed by atoms with E-state index in [-0.39, 0.29) is 16.9 Å². The second kappa shape index (κ2) is 4.27. The van der Waals surface area contributed by atoms with Crippen LogP contribution >= 0.6 is 0 Å². The molecule has 1 aromatic rings. The van der Waals surface area contributed by atoms with E-state index in [0.29, 0.717) is 11.4 Å². The molecule has 1 aromatic heterocycles. The molecule has 5 nitrogen and oxygen atoms in total. The van der Waals surface area contributed by atoms with E-state index in [1.165, 1.54) is 0 Å². The smallest absolute Gasteiger partial charge is 0.243 e. The van der Waals surface area contributed by atoms with E-state index in [2.05, 4.69) is 4.98 Å². The first-order valence-electron chi connectivity index (χ1n) is 5.58. The van der Waals surface area contributed by atoms with Gasteiger partial charge < -0.3 is 4.74 Å². The lowest BCUT2D eigenvalue weighted by atomic mass is 10.1. The third-order valence-corrected chi connectivity index (χ3v) is 3.52. The molecule has 0 aromatic carbocycles. The highest BCUT2D eigenvalue weighted by atomic mass is 32.2. The summed E-state index contributed by atoms with van der Waals surface area (Å²) in [7, 11) is -3.81. The molecule has 0 saturated heterocycles. The van der Waals surface area contributed by atoms with Crippen molar-refractivity contribution >= 4 is 10.0 Å². The molecule has 2 rings (SSSR count). The maximum atomic E-state index is 11.6. The third kappa shape index (κ3) is 2.76. The molecule has 94 valence electrons. The van der Waals surface area contributed by atoms with Crippen molar-refractivity contribution in [2.75, 3.05) is 0 Å². The van der Waals surface area contributed by atoms with Crippen LogP contribution in [0.15, 0.2) is 17.2 Å². The van der Waals surface area contributed by atoms with Crippen molar-refractivity contribution in [2.45, 2.75) is 43.6 Å². The number of ether oxygens (including phenoxy) is 1. The quantitative estimate of drug-likeness (QED) is 0.882. The fourth-order valence-corrected chi connectivity index (χ4v) is 2.58. The minimum absolute atomic E-state index is 0.0221. The number of primary sulfonamides is 1. The van der Waals surface area contributed by atoms with E-state index < -0.39 is 10.0 Å². The van der Waals surface area contributed by atoms with Gasteiger partial charge in [-0.25, -0.2) is 13.6 Å². The van der Waals surface area contributed by atoms with Gasteiger partial charge >= 0.3 is 0 Å². The number of aromatic nitrogens is 1. The van der Waals surface area contributed by atoms with E-state index in [4.69, 9.17) is 9.88 Å². The maximum Gasteiger partial charge on any atom is 0.243 e. The monoisotopic (exact) mass is 256 g/mol. The summed E-state index contributed by atoms with van der Waals surface area (Å²) in [6.07, 6.45) is 3.60. The number of pyridine rings is 1. The average molecular weight is 256 g/mol. The SMILES string of the molecule is CC(C)c1nccc(OC2CC2)c1S(N)(=O)=O. The van der Waals surface area contributed by atoms with Crippen molar-refractivity contribution in [3.8, 4) is 5.75 Å². The predicted octanol–water partition coefficient (Wildman–Crippen LogP) is 1.39. The van der Waals surface area contributed by atoms with E-state index in [1.54, 1.807) is 12.3 Å². The van der Waals surface area contributed by atoms with Crippen LogP contribution in [0.2, 0.25) is 0 Å². The molecule has 17 heavy (non-hydrogen) atoms. The second-order valence-electron chi connectivity index (χ2n) is 4.54. The highest BCUT2D eigenvalue weighted by molar-refractivity contribution is 7.89. The Morgan fingerprint density at radius 3 is 2.59 bits per heavy atom. The molecule has 1 aliphatic carbocycles. The Hall–Kier alpha value is -1.14.